The monoisotopic (exact) mass is 380 g/mol. The summed E-state index contributed by atoms with van der Waals surface area (Å²) in [5, 5.41) is 11.5. The van der Waals surface area contributed by atoms with Gasteiger partial charge in [0.05, 0.1) is 11.6 Å². The first-order valence-corrected chi connectivity index (χ1v) is 9.95. The summed E-state index contributed by atoms with van der Waals surface area (Å²) in [6, 6.07) is 11.3. The quantitative estimate of drug-likeness (QED) is 0.808. The topological polar surface area (TPSA) is 70.2 Å². The Labute approximate surface area is 161 Å². The van der Waals surface area contributed by atoms with Gasteiger partial charge in [0.15, 0.2) is 11.3 Å². The highest BCUT2D eigenvalue weighted by Crippen LogP contribution is 2.22. The molecule has 0 bridgehead atoms. The van der Waals surface area contributed by atoms with Crippen molar-refractivity contribution in [2.24, 2.45) is 10.1 Å². The van der Waals surface area contributed by atoms with Crippen LogP contribution in [0.2, 0.25) is 0 Å². The van der Waals surface area contributed by atoms with E-state index in [1.807, 2.05) is 48.6 Å². The molecule has 2 aliphatic rings. The molecule has 7 heteroatoms. The van der Waals surface area contributed by atoms with Crippen molar-refractivity contribution in [1.29, 1.82) is 0 Å². The van der Waals surface area contributed by atoms with Crippen LogP contribution in [0.15, 0.2) is 63.2 Å². The molecule has 2 aromatic rings. The Morgan fingerprint density at radius 1 is 1.30 bits per heavy atom. The SMILES string of the molecule is CCCCSC1=NN2C(=c3ccccc3=NC2/C=C/c2ccco2)C(=O)N1. The lowest BCUT2D eigenvalue weighted by Crippen LogP contribution is -2.52. The van der Waals surface area contributed by atoms with E-state index in [1.54, 1.807) is 23.0 Å². The Morgan fingerprint density at radius 3 is 3.00 bits per heavy atom. The zero-order chi connectivity index (χ0) is 18.6. The molecule has 3 heterocycles. The maximum Gasteiger partial charge on any atom is 0.276 e. The van der Waals surface area contributed by atoms with Gasteiger partial charge >= 0.3 is 0 Å². The van der Waals surface area contributed by atoms with Crippen LogP contribution in [0.5, 0.6) is 0 Å². The maximum atomic E-state index is 12.8. The first-order valence-electron chi connectivity index (χ1n) is 8.97. The summed E-state index contributed by atoms with van der Waals surface area (Å²) in [5.74, 6) is 1.50. The van der Waals surface area contributed by atoms with Crippen molar-refractivity contribution in [2.45, 2.75) is 25.9 Å². The normalized spacial score (nSPS) is 18.6. The smallest absolute Gasteiger partial charge is 0.276 e. The Balaban J connectivity index is 1.74. The summed E-state index contributed by atoms with van der Waals surface area (Å²) in [6.07, 6.45) is 7.14. The first-order chi connectivity index (χ1) is 13.3. The van der Waals surface area contributed by atoms with Crippen molar-refractivity contribution in [1.82, 2.24) is 10.3 Å². The van der Waals surface area contributed by atoms with E-state index >= 15 is 0 Å². The lowest BCUT2D eigenvalue weighted by atomic mass is 10.1. The molecule has 1 atom stereocenters. The number of hydrogen-bond donors (Lipinski definition) is 1. The van der Waals surface area contributed by atoms with E-state index in [9.17, 15) is 4.79 Å². The van der Waals surface area contributed by atoms with E-state index in [4.69, 9.17) is 9.41 Å². The van der Waals surface area contributed by atoms with E-state index in [2.05, 4.69) is 17.3 Å². The molecule has 0 spiro atoms. The van der Waals surface area contributed by atoms with Gasteiger partial charge in [-0.15, -0.1) is 5.10 Å². The number of nitrogens with zero attached hydrogens (tertiary/aromatic N) is 3. The van der Waals surface area contributed by atoms with Crippen LogP contribution in [-0.4, -0.2) is 28.0 Å². The summed E-state index contributed by atoms with van der Waals surface area (Å²) in [6.45, 7) is 2.14. The van der Waals surface area contributed by atoms with Gasteiger partial charge in [-0.2, -0.15) is 0 Å². The average Bonchev–Trinajstić information content (AvgIpc) is 3.20. The summed E-state index contributed by atoms with van der Waals surface area (Å²) < 4.78 is 5.36. The minimum absolute atomic E-state index is 0.150. The van der Waals surface area contributed by atoms with Crippen LogP contribution in [0.3, 0.4) is 0 Å². The molecule has 0 fully saturated rings. The third kappa shape index (κ3) is 3.68. The Morgan fingerprint density at radius 2 is 2.19 bits per heavy atom. The summed E-state index contributed by atoms with van der Waals surface area (Å²) in [5.41, 5.74) is 0.523. The zero-order valence-electron chi connectivity index (χ0n) is 15.0. The van der Waals surface area contributed by atoms with Gasteiger partial charge in [-0.1, -0.05) is 43.3 Å². The Bertz CT molecular complexity index is 1010. The van der Waals surface area contributed by atoms with E-state index in [0.29, 0.717) is 10.9 Å². The fraction of sp³-hybridized carbons (Fsp3) is 0.250. The molecule has 0 aliphatic carbocycles. The number of carbonyl (C=O) groups is 1. The lowest BCUT2D eigenvalue weighted by molar-refractivity contribution is -0.116. The molecule has 2 aliphatic heterocycles. The standard InChI is InChI=1S/C20H20N4O2S/c1-2-3-13-27-20-22-19(25)18-15-8-4-5-9-16(15)21-17(24(18)23-20)11-10-14-7-6-12-26-14/h4-12,17H,2-3,13H2,1H3,(H,22,23,25)/b11-10+. The fourth-order valence-corrected chi connectivity index (χ4v) is 3.86. The number of unbranched alkanes of at least 4 members (excludes halogenated alkanes) is 1. The number of rotatable bonds is 5. The second-order valence-electron chi connectivity index (χ2n) is 6.19. The largest absolute Gasteiger partial charge is 0.465 e. The van der Waals surface area contributed by atoms with Gasteiger partial charge in [-0.25, -0.2) is 5.01 Å². The van der Waals surface area contributed by atoms with Gasteiger partial charge in [0.1, 0.15) is 11.5 Å². The molecule has 1 unspecified atom stereocenters. The van der Waals surface area contributed by atoms with Crippen molar-refractivity contribution in [3.05, 3.63) is 65.1 Å². The van der Waals surface area contributed by atoms with E-state index in [-0.39, 0.29) is 5.91 Å². The minimum atomic E-state index is -0.409. The highest BCUT2D eigenvalue weighted by atomic mass is 32.2. The molecule has 138 valence electrons. The number of amides is 1. The van der Waals surface area contributed by atoms with Gasteiger partial charge in [-0.3, -0.25) is 15.1 Å². The van der Waals surface area contributed by atoms with E-state index in [1.165, 1.54) is 0 Å². The summed E-state index contributed by atoms with van der Waals surface area (Å²) in [7, 11) is 0. The molecule has 4 rings (SSSR count). The van der Waals surface area contributed by atoms with Crippen LogP contribution < -0.4 is 15.9 Å². The maximum absolute atomic E-state index is 12.8. The predicted octanol–water partition coefficient (Wildman–Crippen LogP) is 2.30. The molecule has 1 N–H and O–H groups in total. The van der Waals surface area contributed by atoms with Crippen LogP contribution in [0.4, 0.5) is 0 Å². The highest BCUT2D eigenvalue weighted by Gasteiger charge is 2.32. The molecule has 0 radical (unpaired) electrons. The fourth-order valence-electron chi connectivity index (χ4n) is 2.92. The number of hydrogen-bond acceptors (Lipinski definition) is 6. The third-order valence-electron chi connectivity index (χ3n) is 4.26. The number of amidine groups is 1. The number of carbonyl (C=O) groups excluding carboxylic acids is 1. The minimum Gasteiger partial charge on any atom is -0.465 e. The van der Waals surface area contributed by atoms with Crippen molar-refractivity contribution in [3.63, 3.8) is 0 Å². The highest BCUT2D eigenvalue weighted by molar-refractivity contribution is 8.13. The molecular weight excluding hydrogens is 360 g/mol. The second-order valence-corrected chi connectivity index (χ2v) is 7.27. The van der Waals surface area contributed by atoms with E-state index < -0.39 is 6.17 Å². The van der Waals surface area contributed by atoms with Crippen LogP contribution in [0.1, 0.15) is 25.5 Å². The molecule has 0 saturated heterocycles. The zero-order valence-corrected chi connectivity index (χ0v) is 15.8. The number of para-hydroxylation sites is 1. The van der Waals surface area contributed by atoms with E-state index in [0.717, 1.165) is 34.9 Å². The van der Waals surface area contributed by atoms with Crippen molar-refractivity contribution in [3.8, 4) is 0 Å². The Kier molecular flexibility index (Phi) is 5.11. The number of nitrogens with one attached hydrogen (secondary N) is 1. The number of fused-ring (bicyclic) bond motifs is 2. The Hall–Kier alpha value is -2.80. The molecule has 6 nitrogen and oxygen atoms in total. The number of benzene rings is 1. The van der Waals surface area contributed by atoms with Crippen molar-refractivity contribution in [2.75, 3.05) is 5.75 Å². The van der Waals surface area contributed by atoms with Crippen LogP contribution in [0.25, 0.3) is 11.8 Å². The molecule has 27 heavy (non-hydrogen) atoms. The van der Waals surface area contributed by atoms with Crippen LogP contribution in [0, 0.1) is 0 Å². The lowest BCUT2D eigenvalue weighted by Gasteiger charge is -2.32. The second kappa shape index (κ2) is 7.84. The van der Waals surface area contributed by atoms with Crippen molar-refractivity contribution < 1.29 is 9.21 Å². The summed E-state index contributed by atoms with van der Waals surface area (Å²) in [4.78, 5) is 17.6. The van der Waals surface area contributed by atoms with Crippen LogP contribution >= 0.6 is 11.8 Å². The first kappa shape index (κ1) is 17.6. The van der Waals surface area contributed by atoms with Crippen LogP contribution in [-0.2, 0) is 4.79 Å². The van der Waals surface area contributed by atoms with Crippen molar-refractivity contribution >= 4 is 34.6 Å². The number of thioether (sulfide) groups is 1. The van der Waals surface area contributed by atoms with Gasteiger partial charge < -0.3 is 4.42 Å². The van der Waals surface area contributed by atoms with Gasteiger partial charge in [0, 0.05) is 11.0 Å². The predicted molar refractivity (Wildman–Crippen MR) is 107 cm³/mol. The van der Waals surface area contributed by atoms with Gasteiger partial charge in [-0.05, 0) is 36.8 Å². The van der Waals surface area contributed by atoms with Gasteiger partial charge in [0.25, 0.3) is 5.91 Å². The molecule has 1 aromatic carbocycles. The molecule has 1 aromatic heterocycles. The third-order valence-corrected chi connectivity index (χ3v) is 5.21. The molecular formula is C20H20N4O2S. The van der Waals surface area contributed by atoms with Gasteiger partial charge in [0.2, 0.25) is 0 Å². The summed E-state index contributed by atoms with van der Waals surface area (Å²) >= 11 is 1.56. The number of furan rings is 1. The molecule has 1 amide bonds. The molecule has 0 saturated carbocycles. The average molecular weight is 380 g/mol. The number of hydrazone groups is 1.